The normalized spacial score (nSPS) is 10.4. The van der Waals surface area contributed by atoms with Crippen molar-refractivity contribution >= 4 is 8.25 Å². The van der Waals surface area contributed by atoms with E-state index in [1.807, 2.05) is 13.8 Å². The molecule has 1 atom stereocenters. The molecule has 0 saturated heterocycles. The summed E-state index contributed by atoms with van der Waals surface area (Å²) in [6.07, 6.45) is 1.46. The molecule has 0 amide bonds. The quantitative estimate of drug-likeness (QED) is 0.356. The van der Waals surface area contributed by atoms with Crippen LogP contribution in [0.3, 0.4) is 0 Å². The van der Waals surface area contributed by atoms with E-state index in [1.165, 1.54) is 11.1 Å². The van der Waals surface area contributed by atoms with Gasteiger partial charge < -0.3 is 14.2 Å². The minimum atomic E-state index is -2.71. The van der Waals surface area contributed by atoms with E-state index in [0.29, 0.717) is 19.8 Å². The summed E-state index contributed by atoms with van der Waals surface area (Å²) in [6, 6.07) is 0. The molecule has 19 heavy (non-hydrogen) atoms. The molecule has 0 aliphatic carbocycles. The lowest BCUT2D eigenvalue weighted by Gasteiger charge is -2.20. The van der Waals surface area contributed by atoms with Crippen molar-refractivity contribution in [2.75, 3.05) is 26.6 Å². The predicted octanol–water partition coefficient (Wildman–Crippen LogP) is 2.29. The second-order valence-corrected chi connectivity index (χ2v) is 3.84. The van der Waals surface area contributed by atoms with E-state index in [4.69, 9.17) is 19.1 Å². The summed E-state index contributed by atoms with van der Waals surface area (Å²) in [5.41, 5.74) is 0. The summed E-state index contributed by atoms with van der Waals surface area (Å²) in [5, 5.41) is 0. The van der Waals surface area contributed by atoms with E-state index in [1.54, 1.807) is 6.92 Å². The van der Waals surface area contributed by atoms with Crippen LogP contribution >= 0.6 is 8.25 Å². The topological polar surface area (TPSA) is 77.5 Å². The van der Waals surface area contributed by atoms with Crippen molar-refractivity contribution in [1.82, 2.24) is 4.90 Å². The molecule has 0 aromatic heterocycles. The molecule has 110 valence electrons. The minimum absolute atomic E-state index is 0.200. The molecule has 0 heterocycles. The minimum Gasteiger partial charge on any atom is -0.479 e. The van der Waals surface area contributed by atoms with Crippen LogP contribution in [0.25, 0.3) is 0 Å². The molecule has 0 rings (SSSR count). The number of hydrogen-bond acceptors (Lipinski definition) is 6. The van der Waals surface area contributed by atoms with Gasteiger partial charge in [-0.3, -0.25) is 4.90 Å². The molecule has 0 saturated carbocycles. The lowest BCUT2D eigenvalue weighted by Crippen LogP contribution is -2.21. The summed E-state index contributed by atoms with van der Waals surface area (Å²) in [6.45, 7) is 10.2. The number of nitrogens with zero attached hydrogens (tertiary/aromatic N) is 1. The molecule has 0 bridgehead atoms. The molecule has 0 aliphatic rings. The fourth-order valence-electron chi connectivity index (χ4n) is 1.07. The average Bonchev–Trinajstić information content (AvgIpc) is 2.34. The Kier molecular flexibility index (Phi) is 9.88. The highest BCUT2D eigenvalue weighted by Crippen LogP contribution is 2.18. The van der Waals surface area contributed by atoms with Gasteiger partial charge in [0.1, 0.15) is 0 Å². The Balaban J connectivity index is 4.80. The van der Waals surface area contributed by atoms with Crippen LogP contribution in [0.15, 0.2) is 24.6 Å². The predicted molar refractivity (Wildman–Crippen MR) is 69.7 cm³/mol. The standard InChI is InChI=1S/C11H20NO6P/c1-5-15-10(4)12(9-18-19(13)14)8-11(16-6-2)17-7-3/h8H,4-7,9H2,1-3H3/p+1. The fraction of sp³-hybridized carbons (Fsp3) is 0.636. The van der Waals surface area contributed by atoms with Crippen LogP contribution < -0.4 is 0 Å². The van der Waals surface area contributed by atoms with Gasteiger partial charge in [-0.25, -0.2) is 0 Å². The van der Waals surface area contributed by atoms with Crippen LogP contribution in [0.1, 0.15) is 20.8 Å². The molecule has 0 aromatic rings. The lowest BCUT2D eigenvalue weighted by molar-refractivity contribution is 0.0302. The van der Waals surface area contributed by atoms with Crippen molar-refractivity contribution in [3.63, 3.8) is 0 Å². The van der Waals surface area contributed by atoms with Crippen molar-refractivity contribution in [3.05, 3.63) is 24.6 Å². The summed E-state index contributed by atoms with van der Waals surface area (Å²) >= 11 is 0. The molecule has 7 nitrogen and oxygen atoms in total. The largest absolute Gasteiger partial charge is 0.696 e. The smallest absolute Gasteiger partial charge is 0.479 e. The molecule has 0 aromatic carbocycles. The summed E-state index contributed by atoms with van der Waals surface area (Å²) in [4.78, 5) is 10.0. The van der Waals surface area contributed by atoms with Crippen molar-refractivity contribution in [2.45, 2.75) is 20.8 Å². The van der Waals surface area contributed by atoms with Gasteiger partial charge >= 0.3 is 8.25 Å². The average molecular weight is 294 g/mol. The van der Waals surface area contributed by atoms with E-state index >= 15 is 0 Å². The molecule has 0 aliphatic heterocycles. The van der Waals surface area contributed by atoms with Gasteiger partial charge in [0.25, 0.3) is 5.95 Å². The molecular weight excluding hydrogens is 273 g/mol. The van der Waals surface area contributed by atoms with Crippen molar-refractivity contribution in [2.24, 2.45) is 0 Å². The third-order valence-corrected chi connectivity index (χ3v) is 2.11. The molecule has 0 fully saturated rings. The number of rotatable bonds is 11. The zero-order chi connectivity index (χ0) is 14.7. The Hall–Kier alpha value is -1.30. The van der Waals surface area contributed by atoms with Crippen LogP contribution in [0.2, 0.25) is 0 Å². The van der Waals surface area contributed by atoms with E-state index in [0.717, 1.165) is 0 Å². The highest BCUT2D eigenvalue weighted by molar-refractivity contribution is 7.32. The Morgan fingerprint density at radius 1 is 1.21 bits per heavy atom. The summed E-state index contributed by atoms with van der Waals surface area (Å²) in [7, 11) is -2.71. The van der Waals surface area contributed by atoms with Crippen LogP contribution in [-0.2, 0) is 23.3 Å². The first-order valence-electron chi connectivity index (χ1n) is 5.89. The van der Waals surface area contributed by atoms with Crippen molar-refractivity contribution in [1.29, 1.82) is 0 Å². The second-order valence-electron chi connectivity index (χ2n) is 3.11. The highest BCUT2D eigenvalue weighted by atomic mass is 31.1. The Bertz CT molecular complexity index is 312. The van der Waals surface area contributed by atoms with Gasteiger partial charge in [-0.2, -0.15) is 0 Å². The van der Waals surface area contributed by atoms with Gasteiger partial charge in [-0.05, 0) is 27.4 Å². The Labute approximate surface area is 114 Å². The van der Waals surface area contributed by atoms with Crippen LogP contribution in [0.5, 0.6) is 0 Å². The molecular formula is C11H21NO6P+. The highest BCUT2D eigenvalue weighted by Gasteiger charge is 2.18. The van der Waals surface area contributed by atoms with Gasteiger partial charge in [0.2, 0.25) is 0 Å². The second kappa shape index (κ2) is 10.6. The number of ether oxygens (including phenoxy) is 3. The van der Waals surface area contributed by atoms with E-state index < -0.39 is 8.25 Å². The monoisotopic (exact) mass is 294 g/mol. The van der Waals surface area contributed by atoms with Crippen molar-refractivity contribution < 1.29 is 28.2 Å². The van der Waals surface area contributed by atoms with Gasteiger partial charge in [-0.1, -0.05) is 4.52 Å². The van der Waals surface area contributed by atoms with E-state index in [9.17, 15) is 4.57 Å². The molecule has 8 heteroatoms. The Morgan fingerprint density at radius 3 is 2.16 bits per heavy atom. The third-order valence-electron chi connectivity index (χ3n) is 1.77. The molecule has 1 unspecified atom stereocenters. The third kappa shape index (κ3) is 8.42. The first kappa shape index (κ1) is 17.7. The molecule has 1 N–H and O–H groups in total. The van der Waals surface area contributed by atoms with Crippen LogP contribution in [0, 0.1) is 0 Å². The maximum atomic E-state index is 10.6. The zero-order valence-electron chi connectivity index (χ0n) is 11.5. The SMILES string of the molecule is C=C(OCC)N(C=C(OCC)OCC)CO[P+](=O)O. The first-order chi connectivity index (χ1) is 9.04. The zero-order valence-corrected chi connectivity index (χ0v) is 12.4. The lowest BCUT2D eigenvalue weighted by atomic mass is 10.6. The van der Waals surface area contributed by atoms with Crippen LogP contribution in [-0.4, -0.2) is 36.3 Å². The Morgan fingerprint density at radius 2 is 1.74 bits per heavy atom. The first-order valence-corrected chi connectivity index (χ1v) is 7.02. The summed E-state index contributed by atoms with van der Waals surface area (Å²) < 4.78 is 30.9. The van der Waals surface area contributed by atoms with E-state index in [2.05, 4.69) is 11.1 Å². The van der Waals surface area contributed by atoms with Gasteiger partial charge in [0.05, 0.1) is 26.0 Å². The van der Waals surface area contributed by atoms with Gasteiger partial charge in [-0.15, -0.1) is 4.89 Å². The van der Waals surface area contributed by atoms with Crippen LogP contribution in [0.4, 0.5) is 0 Å². The van der Waals surface area contributed by atoms with Crippen molar-refractivity contribution in [3.8, 4) is 0 Å². The van der Waals surface area contributed by atoms with Gasteiger partial charge in [0, 0.05) is 4.57 Å². The van der Waals surface area contributed by atoms with Gasteiger partial charge in [0.15, 0.2) is 12.6 Å². The fourth-order valence-corrected chi connectivity index (χ4v) is 1.29. The maximum absolute atomic E-state index is 10.6. The summed E-state index contributed by atoms with van der Waals surface area (Å²) in [5.74, 6) is 0.513. The number of hydrogen-bond donors (Lipinski definition) is 1. The maximum Gasteiger partial charge on any atom is 0.696 e. The molecule has 0 radical (unpaired) electrons. The van der Waals surface area contributed by atoms with E-state index in [-0.39, 0.29) is 18.6 Å². The molecule has 0 spiro atoms.